The third-order valence-corrected chi connectivity index (χ3v) is 5.23. The summed E-state index contributed by atoms with van der Waals surface area (Å²) in [6.07, 6.45) is 2.75. The Morgan fingerprint density at radius 3 is 2.96 bits per heavy atom. The van der Waals surface area contributed by atoms with Crippen molar-refractivity contribution in [3.05, 3.63) is 22.7 Å². The zero-order valence-corrected chi connectivity index (χ0v) is 15.9. The quantitative estimate of drug-likeness (QED) is 0.790. The van der Waals surface area contributed by atoms with Gasteiger partial charge in [-0.2, -0.15) is 0 Å². The molecule has 1 aromatic carbocycles. The number of likely N-dealkylation sites (tertiary alicyclic amines) is 1. The number of nitrogens with zero attached hydrogens (tertiary/aromatic N) is 1. The van der Waals surface area contributed by atoms with Gasteiger partial charge < -0.3 is 24.8 Å². The fourth-order valence-corrected chi connectivity index (χ4v) is 3.68. The fourth-order valence-electron chi connectivity index (χ4n) is 3.48. The molecule has 1 aromatic rings. The van der Waals surface area contributed by atoms with Gasteiger partial charge in [-0.05, 0) is 32.0 Å². The van der Waals surface area contributed by atoms with Crippen molar-refractivity contribution in [2.75, 3.05) is 39.4 Å². The Bertz CT molecular complexity index is 640. The molecule has 0 radical (unpaired) electrons. The molecule has 2 atom stereocenters. The van der Waals surface area contributed by atoms with Crippen LogP contribution >= 0.6 is 11.6 Å². The number of amides is 1. The molecule has 0 saturated carbocycles. The van der Waals surface area contributed by atoms with E-state index in [1.165, 1.54) is 0 Å². The third kappa shape index (κ3) is 4.61. The van der Waals surface area contributed by atoms with E-state index in [4.69, 9.17) is 21.1 Å². The Morgan fingerprint density at radius 2 is 2.19 bits per heavy atom. The second-order valence-electron chi connectivity index (χ2n) is 6.96. The second-order valence-corrected chi connectivity index (χ2v) is 7.39. The number of aliphatic hydroxyl groups excluding tert-OH is 1. The summed E-state index contributed by atoms with van der Waals surface area (Å²) in [5.41, 5.74) is 0.377. The predicted molar refractivity (Wildman–Crippen MR) is 100 cm³/mol. The maximum atomic E-state index is 12.6. The zero-order valence-electron chi connectivity index (χ0n) is 15.2. The summed E-state index contributed by atoms with van der Waals surface area (Å²) in [5.74, 6) is 0.741. The highest BCUT2D eigenvalue weighted by atomic mass is 35.5. The van der Waals surface area contributed by atoms with Gasteiger partial charge in [-0.15, -0.1) is 0 Å². The summed E-state index contributed by atoms with van der Waals surface area (Å²) in [4.78, 5) is 14.9. The molecule has 6 nitrogen and oxygen atoms in total. The van der Waals surface area contributed by atoms with Crippen LogP contribution in [-0.2, 0) is 0 Å². The van der Waals surface area contributed by atoms with Crippen molar-refractivity contribution in [1.29, 1.82) is 0 Å². The van der Waals surface area contributed by atoms with Crippen LogP contribution < -0.4 is 14.8 Å². The molecule has 144 valence electrons. The van der Waals surface area contributed by atoms with Crippen molar-refractivity contribution >= 4 is 17.5 Å². The Balaban J connectivity index is 1.57. The van der Waals surface area contributed by atoms with E-state index in [2.05, 4.69) is 17.1 Å². The standard InChI is InChI=1S/C19H27ClN2O4/c1-2-3-5-22-6-4-13(16(23)12-22)11-21-19(24)15-9-14(20)10-17-18(15)26-8-7-25-17/h9-10,13,16,23H,2-8,11-12H2,1H3,(H,21,24)/t13-,16+/m1/s1. The van der Waals surface area contributed by atoms with Crippen molar-refractivity contribution in [2.24, 2.45) is 5.92 Å². The molecule has 2 aliphatic heterocycles. The number of hydrogen-bond donors (Lipinski definition) is 2. The smallest absolute Gasteiger partial charge is 0.255 e. The van der Waals surface area contributed by atoms with E-state index in [1.807, 2.05) is 0 Å². The van der Waals surface area contributed by atoms with E-state index in [1.54, 1.807) is 12.1 Å². The first kappa shape index (κ1) is 19.3. The number of carbonyl (C=O) groups excluding carboxylic acids is 1. The number of ether oxygens (including phenoxy) is 2. The molecule has 7 heteroatoms. The highest BCUT2D eigenvalue weighted by Gasteiger charge is 2.28. The number of β-amino-alcohol motifs (C(OH)–C–C–N with tert-alkyl or cyclic N) is 1. The molecule has 26 heavy (non-hydrogen) atoms. The number of piperidine rings is 1. The van der Waals surface area contributed by atoms with Gasteiger partial charge in [-0.25, -0.2) is 0 Å². The molecular formula is C19H27ClN2O4. The van der Waals surface area contributed by atoms with Crippen LogP contribution in [0.2, 0.25) is 5.02 Å². The van der Waals surface area contributed by atoms with Gasteiger partial charge in [0, 0.05) is 30.1 Å². The topological polar surface area (TPSA) is 71.0 Å². The third-order valence-electron chi connectivity index (χ3n) is 5.01. The van der Waals surface area contributed by atoms with Gasteiger partial charge in [-0.3, -0.25) is 4.79 Å². The van der Waals surface area contributed by atoms with Gasteiger partial charge in [0.25, 0.3) is 5.91 Å². The maximum absolute atomic E-state index is 12.6. The van der Waals surface area contributed by atoms with E-state index in [9.17, 15) is 9.90 Å². The van der Waals surface area contributed by atoms with Crippen LogP contribution in [0.4, 0.5) is 0 Å². The van der Waals surface area contributed by atoms with Crippen LogP contribution in [0.1, 0.15) is 36.5 Å². The molecule has 0 bridgehead atoms. The lowest BCUT2D eigenvalue weighted by molar-refractivity contribution is 0.0217. The average Bonchev–Trinajstić information content (AvgIpc) is 2.64. The minimum atomic E-state index is -0.422. The molecular weight excluding hydrogens is 356 g/mol. The summed E-state index contributed by atoms with van der Waals surface area (Å²) in [6, 6.07) is 3.25. The number of fused-ring (bicyclic) bond motifs is 1. The van der Waals surface area contributed by atoms with Gasteiger partial charge in [0.15, 0.2) is 11.5 Å². The van der Waals surface area contributed by atoms with Crippen LogP contribution in [0.5, 0.6) is 11.5 Å². The minimum absolute atomic E-state index is 0.0593. The molecule has 1 saturated heterocycles. The molecule has 3 rings (SSSR count). The first-order valence-corrected chi connectivity index (χ1v) is 9.74. The predicted octanol–water partition coefficient (Wildman–Crippen LogP) is 2.32. The van der Waals surface area contributed by atoms with E-state index in [-0.39, 0.29) is 11.8 Å². The van der Waals surface area contributed by atoms with Gasteiger partial charge in [-0.1, -0.05) is 24.9 Å². The summed E-state index contributed by atoms with van der Waals surface area (Å²) in [7, 11) is 0. The minimum Gasteiger partial charge on any atom is -0.486 e. The van der Waals surface area contributed by atoms with Crippen molar-refractivity contribution in [1.82, 2.24) is 10.2 Å². The number of nitrogens with one attached hydrogen (secondary N) is 1. The lowest BCUT2D eigenvalue weighted by Crippen LogP contribution is -2.47. The zero-order chi connectivity index (χ0) is 18.5. The number of carbonyl (C=O) groups is 1. The molecule has 2 heterocycles. The SMILES string of the molecule is CCCCN1CC[C@H](CNC(=O)c2cc(Cl)cc3c2OCCO3)[C@@H](O)C1. The lowest BCUT2D eigenvalue weighted by Gasteiger charge is -2.36. The van der Waals surface area contributed by atoms with E-state index in [0.717, 1.165) is 32.4 Å². The average molecular weight is 383 g/mol. The molecule has 0 unspecified atom stereocenters. The highest BCUT2D eigenvalue weighted by molar-refractivity contribution is 6.31. The fraction of sp³-hybridized carbons (Fsp3) is 0.632. The van der Waals surface area contributed by atoms with Gasteiger partial charge in [0.1, 0.15) is 13.2 Å². The highest BCUT2D eigenvalue weighted by Crippen LogP contribution is 2.36. The largest absolute Gasteiger partial charge is 0.486 e. The number of hydrogen-bond acceptors (Lipinski definition) is 5. The monoisotopic (exact) mass is 382 g/mol. The van der Waals surface area contributed by atoms with Crippen LogP contribution in [-0.4, -0.2) is 61.4 Å². The summed E-state index contributed by atoms with van der Waals surface area (Å²) < 4.78 is 11.1. The second kappa shape index (κ2) is 8.93. The number of unbranched alkanes of at least 4 members (excludes halogenated alkanes) is 1. The molecule has 1 amide bonds. The number of rotatable bonds is 6. The number of aliphatic hydroxyl groups is 1. The van der Waals surface area contributed by atoms with Crippen molar-refractivity contribution in [3.8, 4) is 11.5 Å². The van der Waals surface area contributed by atoms with E-state index < -0.39 is 6.10 Å². The molecule has 0 aromatic heterocycles. The first-order chi connectivity index (χ1) is 12.6. The first-order valence-electron chi connectivity index (χ1n) is 9.36. The molecule has 0 aliphatic carbocycles. The Labute approximate surface area is 159 Å². The summed E-state index contributed by atoms with van der Waals surface area (Å²) in [5, 5.41) is 13.8. The summed E-state index contributed by atoms with van der Waals surface area (Å²) >= 11 is 6.09. The Kier molecular flexibility index (Phi) is 6.62. The number of benzene rings is 1. The van der Waals surface area contributed by atoms with Crippen LogP contribution in [0, 0.1) is 5.92 Å². The van der Waals surface area contributed by atoms with Crippen LogP contribution in [0.25, 0.3) is 0 Å². The normalized spacial score (nSPS) is 22.9. The van der Waals surface area contributed by atoms with E-state index >= 15 is 0 Å². The lowest BCUT2D eigenvalue weighted by atomic mass is 9.93. The van der Waals surface area contributed by atoms with Gasteiger partial charge in [0.2, 0.25) is 0 Å². The Morgan fingerprint density at radius 1 is 1.38 bits per heavy atom. The van der Waals surface area contributed by atoms with Crippen molar-refractivity contribution in [2.45, 2.75) is 32.3 Å². The van der Waals surface area contributed by atoms with Gasteiger partial charge >= 0.3 is 0 Å². The van der Waals surface area contributed by atoms with E-state index in [0.29, 0.717) is 48.4 Å². The summed E-state index contributed by atoms with van der Waals surface area (Å²) in [6.45, 7) is 6.11. The van der Waals surface area contributed by atoms with Gasteiger partial charge in [0.05, 0.1) is 11.7 Å². The van der Waals surface area contributed by atoms with Crippen LogP contribution in [0.3, 0.4) is 0 Å². The molecule has 1 fully saturated rings. The molecule has 2 N–H and O–H groups in total. The number of halogens is 1. The van der Waals surface area contributed by atoms with Crippen LogP contribution in [0.15, 0.2) is 12.1 Å². The van der Waals surface area contributed by atoms with Crippen molar-refractivity contribution < 1.29 is 19.4 Å². The molecule has 2 aliphatic rings. The molecule has 0 spiro atoms. The Hall–Kier alpha value is -1.50. The maximum Gasteiger partial charge on any atom is 0.255 e. The van der Waals surface area contributed by atoms with Crippen molar-refractivity contribution in [3.63, 3.8) is 0 Å².